The molecule has 1 fully saturated rings. The SMILES string of the molecule is CC[C@H](C)[C@H](NC(=O)OCC1c2ccccc2-c2ccccc21)C(=O)N1C[C@@H](Cl)C[C@H]1C#N. The second kappa shape index (κ2) is 9.84. The lowest BCUT2D eigenvalue weighted by atomic mass is 9.97. The quantitative estimate of drug-likeness (QED) is 0.628. The fourth-order valence-electron chi connectivity index (χ4n) is 4.78. The van der Waals surface area contributed by atoms with Crippen LogP contribution in [0.2, 0.25) is 0 Å². The van der Waals surface area contributed by atoms with Gasteiger partial charge >= 0.3 is 6.09 Å². The van der Waals surface area contributed by atoms with Crippen molar-refractivity contribution in [1.29, 1.82) is 5.26 Å². The van der Waals surface area contributed by atoms with Gasteiger partial charge in [0, 0.05) is 12.5 Å². The Morgan fingerprint density at radius 2 is 1.79 bits per heavy atom. The third kappa shape index (κ3) is 4.56. The van der Waals surface area contributed by atoms with Crippen LogP contribution in [0.15, 0.2) is 48.5 Å². The van der Waals surface area contributed by atoms with Crippen molar-refractivity contribution in [3.8, 4) is 17.2 Å². The molecule has 4 rings (SSSR count). The fourth-order valence-corrected chi connectivity index (χ4v) is 5.10. The van der Waals surface area contributed by atoms with E-state index in [0.29, 0.717) is 19.4 Å². The predicted molar refractivity (Wildman–Crippen MR) is 127 cm³/mol. The van der Waals surface area contributed by atoms with E-state index in [0.717, 1.165) is 22.3 Å². The van der Waals surface area contributed by atoms with Gasteiger partial charge in [-0.3, -0.25) is 4.79 Å². The standard InChI is InChI=1S/C26H28ClN3O3/c1-3-16(2)24(25(31)30-14-17(27)12-18(30)13-28)29-26(32)33-15-23-21-10-6-4-8-19(21)20-9-5-7-11-22(20)23/h4-11,16-18,23-24H,3,12,14-15H2,1-2H3,(H,29,32)/t16-,17-,18-,24-/m0/s1. The van der Waals surface area contributed by atoms with Gasteiger partial charge in [-0.15, -0.1) is 11.6 Å². The maximum atomic E-state index is 13.2. The van der Waals surface area contributed by atoms with Gasteiger partial charge < -0.3 is 15.0 Å². The second-order valence-electron chi connectivity index (χ2n) is 8.80. The first-order valence-electron chi connectivity index (χ1n) is 11.4. The third-order valence-electron chi connectivity index (χ3n) is 6.78. The van der Waals surface area contributed by atoms with Crippen LogP contribution in [-0.4, -0.2) is 47.5 Å². The second-order valence-corrected chi connectivity index (χ2v) is 9.42. The molecule has 0 saturated carbocycles. The normalized spacial score (nSPS) is 21.0. The van der Waals surface area contributed by atoms with Crippen LogP contribution in [0.3, 0.4) is 0 Å². The van der Waals surface area contributed by atoms with E-state index in [1.807, 2.05) is 38.1 Å². The Morgan fingerprint density at radius 3 is 2.36 bits per heavy atom. The van der Waals surface area contributed by atoms with Crippen molar-refractivity contribution in [3.63, 3.8) is 0 Å². The smallest absolute Gasteiger partial charge is 0.407 e. The first kappa shape index (κ1) is 23.1. The number of rotatable bonds is 6. The molecular weight excluding hydrogens is 438 g/mol. The summed E-state index contributed by atoms with van der Waals surface area (Å²) in [4.78, 5) is 27.5. The summed E-state index contributed by atoms with van der Waals surface area (Å²) >= 11 is 6.20. The molecule has 2 aromatic carbocycles. The molecule has 7 heteroatoms. The lowest BCUT2D eigenvalue weighted by molar-refractivity contribution is -0.134. The van der Waals surface area contributed by atoms with E-state index in [1.54, 1.807) is 0 Å². The zero-order valence-electron chi connectivity index (χ0n) is 18.8. The van der Waals surface area contributed by atoms with Crippen molar-refractivity contribution in [2.45, 2.75) is 50.1 Å². The van der Waals surface area contributed by atoms with Crippen LogP contribution in [0.4, 0.5) is 4.79 Å². The van der Waals surface area contributed by atoms with Crippen molar-refractivity contribution in [2.75, 3.05) is 13.2 Å². The summed E-state index contributed by atoms with van der Waals surface area (Å²) in [6, 6.07) is 17.1. The number of nitriles is 1. The molecule has 1 N–H and O–H groups in total. The van der Waals surface area contributed by atoms with Crippen LogP contribution in [0.1, 0.15) is 43.7 Å². The molecule has 6 nitrogen and oxygen atoms in total. The summed E-state index contributed by atoms with van der Waals surface area (Å²) in [6.45, 7) is 4.34. The number of ether oxygens (including phenoxy) is 1. The molecule has 1 saturated heterocycles. The molecule has 2 amide bonds. The van der Waals surface area contributed by atoms with Crippen LogP contribution in [-0.2, 0) is 9.53 Å². The molecule has 0 radical (unpaired) electrons. The van der Waals surface area contributed by atoms with E-state index in [2.05, 4.69) is 35.7 Å². The molecule has 2 aromatic rings. The van der Waals surface area contributed by atoms with E-state index in [-0.39, 0.29) is 29.7 Å². The van der Waals surface area contributed by atoms with Crippen LogP contribution in [0.5, 0.6) is 0 Å². The molecule has 1 aliphatic heterocycles. The molecule has 0 unspecified atom stereocenters. The van der Waals surface area contributed by atoms with E-state index in [4.69, 9.17) is 16.3 Å². The Balaban J connectivity index is 1.46. The van der Waals surface area contributed by atoms with Gasteiger partial charge in [0.1, 0.15) is 18.7 Å². The molecule has 0 aromatic heterocycles. The Morgan fingerprint density at radius 1 is 1.18 bits per heavy atom. The average Bonchev–Trinajstić information content (AvgIpc) is 3.38. The van der Waals surface area contributed by atoms with E-state index in [1.165, 1.54) is 4.90 Å². The summed E-state index contributed by atoms with van der Waals surface area (Å²) in [5.74, 6) is -0.460. The number of carbonyl (C=O) groups is 2. The topological polar surface area (TPSA) is 82.4 Å². The maximum absolute atomic E-state index is 13.2. The Kier molecular flexibility index (Phi) is 6.90. The molecule has 1 heterocycles. The number of carbonyl (C=O) groups excluding carboxylic acids is 2. The van der Waals surface area contributed by atoms with Gasteiger partial charge in [-0.1, -0.05) is 68.8 Å². The Bertz CT molecular complexity index is 1040. The van der Waals surface area contributed by atoms with Gasteiger partial charge in [0.2, 0.25) is 5.91 Å². The highest BCUT2D eigenvalue weighted by Crippen LogP contribution is 2.44. The molecule has 0 spiro atoms. The number of likely N-dealkylation sites (tertiary alicyclic amines) is 1. The van der Waals surface area contributed by atoms with Gasteiger partial charge in [-0.25, -0.2) is 4.79 Å². The Hall–Kier alpha value is -3.04. The van der Waals surface area contributed by atoms with Crippen molar-refractivity contribution >= 4 is 23.6 Å². The minimum absolute atomic E-state index is 0.0561. The summed E-state index contributed by atoms with van der Waals surface area (Å²) in [5, 5.41) is 11.9. The van der Waals surface area contributed by atoms with Crippen LogP contribution in [0.25, 0.3) is 11.1 Å². The van der Waals surface area contributed by atoms with E-state index >= 15 is 0 Å². The van der Waals surface area contributed by atoms with Crippen molar-refractivity contribution in [1.82, 2.24) is 10.2 Å². The van der Waals surface area contributed by atoms with Crippen molar-refractivity contribution in [2.24, 2.45) is 5.92 Å². The predicted octanol–water partition coefficient (Wildman–Crippen LogP) is 4.67. The van der Waals surface area contributed by atoms with E-state index < -0.39 is 18.2 Å². The molecule has 4 atom stereocenters. The number of benzene rings is 2. The highest BCUT2D eigenvalue weighted by atomic mass is 35.5. The summed E-state index contributed by atoms with van der Waals surface area (Å²) in [6.07, 6.45) is 0.489. The zero-order chi connectivity index (χ0) is 23.5. The van der Waals surface area contributed by atoms with Gasteiger partial charge in [-0.05, 0) is 34.6 Å². The molecule has 0 bridgehead atoms. The number of hydrogen-bond acceptors (Lipinski definition) is 4. The number of nitrogens with one attached hydrogen (secondary N) is 1. The minimum atomic E-state index is -0.775. The number of nitrogens with zero attached hydrogens (tertiary/aromatic N) is 2. The summed E-state index contributed by atoms with van der Waals surface area (Å²) in [7, 11) is 0. The van der Waals surface area contributed by atoms with Crippen molar-refractivity contribution in [3.05, 3.63) is 59.7 Å². The molecule has 1 aliphatic carbocycles. The zero-order valence-corrected chi connectivity index (χ0v) is 19.6. The lowest BCUT2D eigenvalue weighted by Crippen LogP contribution is -2.53. The molecular formula is C26H28ClN3O3. The monoisotopic (exact) mass is 465 g/mol. The largest absolute Gasteiger partial charge is 0.449 e. The Labute approximate surface area is 199 Å². The highest BCUT2D eigenvalue weighted by Gasteiger charge is 2.39. The minimum Gasteiger partial charge on any atom is -0.449 e. The molecule has 172 valence electrons. The summed E-state index contributed by atoms with van der Waals surface area (Å²) < 4.78 is 5.64. The number of fused-ring (bicyclic) bond motifs is 3. The van der Waals surface area contributed by atoms with Gasteiger partial charge in [0.15, 0.2) is 0 Å². The third-order valence-corrected chi connectivity index (χ3v) is 7.09. The molecule has 33 heavy (non-hydrogen) atoms. The van der Waals surface area contributed by atoms with Gasteiger partial charge in [-0.2, -0.15) is 5.26 Å². The maximum Gasteiger partial charge on any atom is 0.407 e. The number of amides is 2. The van der Waals surface area contributed by atoms with Gasteiger partial charge in [0.05, 0.1) is 11.4 Å². The fraction of sp³-hybridized carbons (Fsp3) is 0.423. The number of hydrogen-bond donors (Lipinski definition) is 1. The first-order valence-corrected chi connectivity index (χ1v) is 11.8. The summed E-state index contributed by atoms with van der Waals surface area (Å²) in [5.41, 5.74) is 4.57. The lowest BCUT2D eigenvalue weighted by Gasteiger charge is -2.29. The van der Waals surface area contributed by atoms with Crippen LogP contribution in [0, 0.1) is 17.2 Å². The first-order chi connectivity index (χ1) is 15.9. The highest BCUT2D eigenvalue weighted by molar-refractivity contribution is 6.21. The van der Waals surface area contributed by atoms with Crippen molar-refractivity contribution < 1.29 is 14.3 Å². The van der Waals surface area contributed by atoms with E-state index in [9.17, 15) is 14.9 Å². The number of halogens is 1. The van der Waals surface area contributed by atoms with Crippen LogP contribution >= 0.6 is 11.6 Å². The average molecular weight is 466 g/mol. The number of alkyl carbamates (subject to hydrolysis) is 1. The van der Waals surface area contributed by atoms with Crippen LogP contribution < -0.4 is 5.32 Å². The van der Waals surface area contributed by atoms with Gasteiger partial charge in [0.25, 0.3) is 0 Å². The number of alkyl halides is 1. The molecule has 2 aliphatic rings.